The summed E-state index contributed by atoms with van der Waals surface area (Å²) >= 11 is 0. The van der Waals surface area contributed by atoms with Crippen LogP contribution in [0, 0.1) is 18.3 Å². The predicted molar refractivity (Wildman–Crippen MR) is 119 cm³/mol. The van der Waals surface area contributed by atoms with Crippen LogP contribution < -0.4 is 5.56 Å². The Labute approximate surface area is 185 Å². The molecule has 0 aliphatic carbocycles. The molecule has 0 unspecified atom stereocenters. The van der Waals surface area contributed by atoms with Crippen molar-refractivity contribution < 1.29 is 13.2 Å². The molecule has 5 nitrogen and oxygen atoms in total. The maximum atomic E-state index is 13.1. The van der Waals surface area contributed by atoms with Crippen LogP contribution in [-0.2, 0) is 6.18 Å². The maximum absolute atomic E-state index is 13.1. The minimum absolute atomic E-state index is 0.303. The highest BCUT2D eigenvalue weighted by atomic mass is 19.4. The molecule has 2 heterocycles. The van der Waals surface area contributed by atoms with E-state index in [9.17, 15) is 18.0 Å². The van der Waals surface area contributed by atoms with E-state index in [1.165, 1.54) is 16.6 Å². The van der Waals surface area contributed by atoms with Gasteiger partial charge in [0, 0.05) is 11.3 Å². The number of aromatic nitrogens is 3. The lowest BCUT2D eigenvalue weighted by molar-refractivity contribution is -0.137. The first kappa shape index (κ1) is 20.5. The first-order valence-electron chi connectivity index (χ1n) is 9.99. The van der Waals surface area contributed by atoms with Gasteiger partial charge in [-0.05, 0) is 60.0 Å². The third-order valence-electron chi connectivity index (χ3n) is 5.60. The second-order valence-corrected chi connectivity index (χ2v) is 7.68. The molecule has 0 fully saturated rings. The average molecular weight is 444 g/mol. The van der Waals surface area contributed by atoms with Crippen molar-refractivity contribution in [3.63, 3.8) is 0 Å². The molecule has 5 rings (SSSR count). The minimum atomic E-state index is -4.43. The van der Waals surface area contributed by atoms with Crippen molar-refractivity contribution in [1.29, 1.82) is 5.26 Å². The van der Waals surface area contributed by atoms with Crippen molar-refractivity contribution in [2.75, 3.05) is 0 Å². The van der Waals surface area contributed by atoms with Crippen LogP contribution in [0.15, 0.2) is 71.5 Å². The number of aromatic amines is 1. The molecular weight excluding hydrogens is 429 g/mol. The second-order valence-electron chi connectivity index (χ2n) is 7.68. The molecule has 0 spiro atoms. The molecule has 8 heteroatoms. The summed E-state index contributed by atoms with van der Waals surface area (Å²) in [6.45, 7) is 1.74. The summed E-state index contributed by atoms with van der Waals surface area (Å²) in [5, 5.41) is 12.4. The number of benzene rings is 3. The minimum Gasteiger partial charge on any atom is -0.293 e. The largest absolute Gasteiger partial charge is 0.416 e. The number of alkyl halides is 3. The Balaban J connectivity index is 1.69. The lowest BCUT2D eigenvalue weighted by Crippen LogP contribution is -2.15. The van der Waals surface area contributed by atoms with Crippen molar-refractivity contribution in [3.05, 3.63) is 93.9 Å². The van der Waals surface area contributed by atoms with Crippen molar-refractivity contribution in [3.8, 4) is 28.3 Å². The number of fused-ring (bicyclic) bond motifs is 2. The molecular formula is C25H15F3N4O. The average Bonchev–Trinajstić information content (AvgIpc) is 3.14. The fourth-order valence-electron chi connectivity index (χ4n) is 3.94. The van der Waals surface area contributed by atoms with Gasteiger partial charge in [-0.2, -0.15) is 18.4 Å². The van der Waals surface area contributed by atoms with E-state index in [2.05, 4.69) is 16.2 Å². The van der Waals surface area contributed by atoms with Gasteiger partial charge in [0.15, 0.2) is 5.65 Å². The Kier molecular flexibility index (Phi) is 4.57. The summed E-state index contributed by atoms with van der Waals surface area (Å²) in [7, 11) is 0. The standard InChI is InChI=1S/C25H15F3N4O/c1-14-22(17-6-9-19(10-7-17)25(26,27)28)23-30-21-12-18(16-4-2-15(13-29)3-5-16)8-11-20(21)24(33)32(23)31-14/h2-12,31H,1H3. The lowest BCUT2D eigenvalue weighted by atomic mass is 10.0. The summed E-state index contributed by atoms with van der Waals surface area (Å²) in [6, 6.07) is 19.2. The molecule has 5 aromatic rings. The van der Waals surface area contributed by atoms with E-state index in [0.29, 0.717) is 38.9 Å². The zero-order valence-electron chi connectivity index (χ0n) is 17.2. The molecule has 0 amide bonds. The van der Waals surface area contributed by atoms with Gasteiger partial charge >= 0.3 is 6.18 Å². The molecule has 162 valence electrons. The van der Waals surface area contributed by atoms with Gasteiger partial charge in [-0.1, -0.05) is 30.3 Å². The number of hydrogen-bond donors (Lipinski definition) is 1. The zero-order chi connectivity index (χ0) is 23.3. The molecule has 2 aromatic heterocycles. The highest BCUT2D eigenvalue weighted by molar-refractivity contribution is 5.88. The zero-order valence-corrected chi connectivity index (χ0v) is 17.2. The van der Waals surface area contributed by atoms with Crippen LogP contribution in [0.1, 0.15) is 16.8 Å². The van der Waals surface area contributed by atoms with Gasteiger partial charge in [-0.3, -0.25) is 9.89 Å². The van der Waals surface area contributed by atoms with E-state index >= 15 is 0 Å². The van der Waals surface area contributed by atoms with Gasteiger partial charge in [0.05, 0.1) is 28.1 Å². The number of rotatable bonds is 2. The van der Waals surface area contributed by atoms with E-state index in [1.807, 2.05) is 18.2 Å². The first-order chi connectivity index (χ1) is 15.8. The summed E-state index contributed by atoms with van der Waals surface area (Å²) in [5.41, 5.74) is 3.69. The lowest BCUT2D eigenvalue weighted by Gasteiger charge is -2.08. The SMILES string of the molecule is Cc1[nH]n2c(=O)c3ccc(-c4ccc(C#N)cc4)cc3nc2c1-c1ccc(C(F)(F)F)cc1. The van der Waals surface area contributed by atoms with E-state index in [1.54, 1.807) is 31.2 Å². The second kappa shape index (κ2) is 7.35. The molecule has 33 heavy (non-hydrogen) atoms. The number of nitrogens with one attached hydrogen (secondary N) is 1. The Morgan fingerprint density at radius 3 is 2.21 bits per heavy atom. The van der Waals surface area contributed by atoms with Gasteiger partial charge in [-0.25, -0.2) is 9.50 Å². The van der Waals surface area contributed by atoms with Crippen LogP contribution in [-0.4, -0.2) is 14.6 Å². The summed E-state index contributed by atoms with van der Waals surface area (Å²) in [5.74, 6) is 0. The van der Waals surface area contributed by atoms with E-state index in [4.69, 9.17) is 5.26 Å². The van der Waals surface area contributed by atoms with E-state index < -0.39 is 11.7 Å². The molecule has 1 N–H and O–H groups in total. The van der Waals surface area contributed by atoms with Crippen LogP contribution >= 0.6 is 0 Å². The Bertz CT molecular complexity index is 1620. The molecule has 0 bridgehead atoms. The van der Waals surface area contributed by atoms with Crippen LogP contribution in [0.3, 0.4) is 0 Å². The van der Waals surface area contributed by atoms with Gasteiger partial charge < -0.3 is 0 Å². The Morgan fingerprint density at radius 1 is 0.939 bits per heavy atom. The van der Waals surface area contributed by atoms with Gasteiger partial charge in [-0.15, -0.1) is 0 Å². The summed E-state index contributed by atoms with van der Waals surface area (Å²) < 4.78 is 40.2. The Morgan fingerprint density at radius 2 is 1.58 bits per heavy atom. The van der Waals surface area contributed by atoms with Crippen molar-refractivity contribution in [1.82, 2.24) is 14.6 Å². The normalized spacial score (nSPS) is 11.7. The quantitative estimate of drug-likeness (QED) is 0.379. The molecule has 3 aromatic carbocycles. The van der Waals surface area contributed by atoms with Crippen molar-refractivity contribution in [2.24, 2.45) is 0 Å². The van der Waals surface area contributed by atoms with Gasteiger partial charge in [0.25, 0.3) is 5.56 Å². The fraction of sp³-hybridized carbons (Fsp3) is 0.0800. The molecule has 0 atom stereocenters. The van der Waals surface area contributed by atoms with Gasteiger partial charge in [0.1, 0.15) is 0 Å². The third kappa shape index (κ3) is 3.44. The monoisotopic (exact) mass is 444 g/mol. The first-order valence-corrected chi connectivity index (χ1v) is 9.99. The van der Waals surface area contributed by atoms with Crippen LogP contribution in [0.25, 0.3) is 38.8 Å². The van der Waals surface area contributed by atoms with E-state index in [0.717, 1.165) is 23.3 Å². The maximum Gasteiger partial charge on any atom is 0.416 e. The molecule has 0 aliphatic rings. The molecule has 0 aliphatic heterocycles. The van der Waals surface area contributed by atoms with Crippen LogP contribution in [0.5, 0.6) is 0 Å². The van der Waals surface area contributed by atoms with Crippen LogP contribution in [0.2, 0.25) is 0 Å². The molecule has 0 radical (unpaired) electrons. The van der Waals surface area contributed by atoms with E-state index in [-0.39, 0.29) is 5.56 Å². The highest BCUT2D eigenvalue weighted by Crippen LogP contribution is 2.33. The number of nitriles is 1. The highest BCUT2D eigenvalue weighted by Gasteiger charge is 2.30. The summed E-state index contributed by atoms with van der Waals surface area (Å²) in [4.78, 5) is 17.8. The Hall–Kier alpha value is -4.38. The number of aryl methyl sites for hydroxylation is 1. The number of halogens is 3. The van der Waals surface area contributed by atoms with Crippen LogP contribution in [0.4, 0.5) is 13.2 Å². The van der Waals surface area contributed by atoms with Crippen molar-refractivity contribution >= 4 is 16.6 Å². The fourth-order valence-corrected chi connectivity index (χ4v) is 3.94. The predicted octanol–water partition coefficient (Wildman–Crippen LogP) is 5.71. The smallest absolute Gasteiger partial charge is 0.293 e. The number of hydrogen-bond acceptors (Lipinski definition) is 3. The van der Waals surface area contributed by atoms with Gasteiger partial charge in [0.2, 0.25) is 0 Å². The molecule has 0 saturated carbocycles. The number of H-pyrrole nitrogens is 1. The molecule has 0 saturated heterocycles. The summed E-state index contributed by atoms with van der Waals surface area (Å²) in [6.07, 6.45) is -4.43. The number of nitrogens with zero attached hydrogens (tertiary/aromatic N) is 3. The third-order valence-corrected chi connectivity index (χ3v) is 5.60. The topological polar surface area (TPSA) is 73.9 Å². The van der Waals surface area contributed by atoms with Crippen molar-refractivity contribution in [2.45, 2.75) is 13.1 Å².